The molecule has 5 nitrogen and oxygen atoms in total. The van der Waals surface area contributed by atoms with Crippen LogP contribution in [0, 0.1) is 5.92 Å². The number of allylic oxidation sites excluding steroid dienone is 1. The highest BCUT2D eigenvalue weighted by molar-refractivity contribution is 9.10. The number of nitrogens with zero attached hydrogens (tertiary/aromatic N) is 1. The zero-order valence-electron chi connectivity index (χ0n) is 16.8. The van der Waals surface area contributed by atoms with Gasteiger partial charge in [-0.2, -0.15) is 21.0 Å². The average molecular weight is 469 g/mol. The van der Waals surface area contributed by atoms with Crippen LogP contribution in [-0.2, 0) is 4.74 Å². The number of benzene rings is 1. The number of halogens is 1. The summed E-state index contributed by atoms with van der Waals surface area (Å²) in [5.41, 5.74) is 2.06. The highest BCUT2D eigenvalue weighted by atomic mass is 79.9. The molecule has 0 saturated carbocycles. The Balaban J connectivity index is 2.33. The summed E-state index contributed by atoms with van der Waals surface area (Å²) in [6, 6.07) is 3.65. The molecule has 28 heavy (non-hydrogen) atoms. The molecule has 0 bridgehead atoms. The molecule has 2 aliphatic heterocycles. The van der Waals surface area contributed by atoms with Crippen LogP contribution >= 0.6 is 27.7 Å². The number of hydrogen-bond acceptors (Lipinski definition) is 4. The molecule has 1 unspecified atom stereocenters. The number of carboxylic acid groups (broad SMARTS) is 1. The largest absolute Gasteiger partial charge is 0.524 e. The van der Waals surface area contributed by atoms with Crippen molar-refractivity contribution in [1.29, 1.82) is 0 Å². The van der Waals surface area contributed by atoms with Crippen LogP contribution in [0.3, 0.4) is 0 Å². The quantitative estimate of drug-likeness (QED) is 0.441. The number of quaternary nitrogens is 1. The second-order valence-corrected chi connectivity index (χ2v) is 10.4. The van der Waals surface area contributed by atoms with Crippen molar-refractivity contribution < 1.29 is 19.4 Å². The Morgan fingerprint density at radius 2 is 1.93 bits per heavy atom. The van der Waals surface area contributed by atoms with Crippen molar-refractivity contribution in [1.82, 2.24) is 4.48 Å². The summed E-state index contributed by atoms with van der Waals surface area (Å²) in [5.74, 6) is 1.95. The van der Waals surface area contributed by atoms with Crippen LogP contribution in [0.4, 0.5) is 10.5 Å². The van der Waals surface area contributed by atoms with Gasteiger partial charge in [0.05, 0.1) is 6.61 Å². The molecular weight excluding hydrogens is 442 g/mol. The number of hydrogen-bond donors (Lipinski definition) is 1. The fourth-order valence-corrected chi connectivity index (χ4v) is 5.77. The predicted octanol–water partition coefficient (Wildman–Crippen LogP) is 5.91. The van der Waals surface area contributed by atoms with E-state index in [2.05, 4.69) is 15.9 Å². The molecule has 0 aromatic heterocycles. The van der Waals surface area contributed by atoms with Crippen molar-refractivity contribution in [2.24, 2.45) is 5.92 Å². The number of ether oxygens (including phenoxy) is 1. The number of rotatable bonds is 3. The fraction of sp³-hybridized carbons (Fsp3) is 0.524. The van der Waals surface area contributed by atoms with Gasteiger partial charge >= 0.3 is 12.1 Å². The van der Waals surface area contributed by atoms with Crippen LogP contribution in [0.25, 0.3) is 5.57 Å². The molecule has 2 aliphatic rings. The Labute approximate surface area is 178 Å². The number of thioether (sulfide) groups is 1. The summed E-state index contributed by atoms with van der Waals surface area (Å²) in [4.78, 5) is 25.5. The lowest BCUT2D eigenvalue weighted by molar-refractivity contribution is 0.0523. The second-order valence-electron chi connectivity index (χ2n) is 8.22. The van der Waals surface area contributed by atoms with Crippen molar-refractivity contribution in [3.63, 3.8) is 0 Å². The highest BCUT2D eigenvalue weighted by Crippen LogP contribution is 2.52. The molecule has 1 aromatic carbocycles. The minimum atomic E-state index is -0.984. The van der Waals surface area contributed by atoms with Crippen molar-refractivity contribution in [2.45, 2.75) is 46.1 Å². The van der Waals surface area contributed by atoms with Crippen LogP contribution in [0.5, 0.6) is 0 Å². The minimum Gasteiger partial charge on any atom is -0.462 e. The standard InChI is InChI=1S/C21H26BrNO4S/c1-5-27-19(24)16-11-14(22)10-15-17(13-6-8-28-9-7-13)12-23(18(15)16,20(25)26)21(2,3)4/h10-13H,5-9H2,1-4H3/p+1. The van der Waals surface area contributed by atoms with Crippen molar-refractivity contribution in [3.05, 3.63) is 33.9 Å². The number of esters is 1. The third-order valence-corrected chi connectivity index (χ3v) is 7.09. The van der Waals surface area contributed by atoms with Crippen molar-refractivity contribution in [3.8, 4) is 0 Å². The van der Waals surface area contributed by atoms with Crippen LogP contribution < -0.4 is 4.48 Å². The molecular formula is C21H27BrNO4S+. The van der Waals surface area contributed by atoms with Crippen LogP contribution in [0.2, 0.25) is 0 Å². The minimum absolute atomic E-state index is 0.239. The Morgan fingerprint density at radius 1 is 1.29 bits per heavy atom. The van der Waals surface area contributed by atoms with E-state index in [0.29, 0.717) is 17.2 Å². The first-order chi connectivity index (χ1) is 13.1. The molecule has 1 amide bonds. The van der Waals surface area contributed by atoms with E-state index >= 15 is 0 Å². The molecule has 7 heteroatoms. The van der Waals surface area contributed by atoms with Gasteiger partial charge in [0.1, 0.15) is 17.3 Å². The maximum atomic E-state index is 12.8. The Morgan fingerprint density at radius 3 is 2.46 bits per heavy atom. The third kappa shape index (κ3) is 3.42. The maximum Gasteiger partial charge on any atom is 0.524 e. The Kier molecular flexibility index (Phi) is 5.99. The molecule has 1 N–H and O–H groups in total. The van der Waals surface area contributed by atoms with E-state index in [-0.39, 0.29) is 6.61 Å². The van der Waals surface area contributed by atoms with Gasteiger partial charge in [-0.3, -0.25) is 0 Å². The molecule has 0 radical (unpaired) electrons. The zero-order valence-corrected chi connectivity index (χ0v) is 19.2. The summed E-state index contributed by atoms with van der Waals surface area (Å²) in [5, 5.41) is 10.4. The van der Waals surface area contributed by atoms with Gasteiger partial charge < -0.3 is 9.84 Å². The lowest BCUT2D eigenvalue weighted by atomic mass is 9.88. The fourth-order valence-electron chi connectivity index (χ4n) is 4.21. The third-order valence-electron chi connectivity index (χ3n) is 5.59. The molecule has 0 spiro atoms. The van der Waals surface area contributed by atoms with Gasteiger partial charge in [0.2, 0.25) is 0 Å². The van der Waals surface area contributed by atoms with Gasteiger partial charge in [0.25, 0.3) is 0 Å². The first-order valence-corrected chi connectivity index (χ1v) is 11.5. The van der Waals surface area contributed by atoms with Gasteiger partial charge in [0, 0.05) is 15.6 Å². The number of amides is 1. The molecule has 1 saturated heterocycles. The molecule has 2 heterocycles. The van der Waals surface area contributed by atoms with Crippen molar-refractivity contribution >= 4 is 51.0 Å². The average Bonchev–Trinajstić information content (AvgIpc) is 2.98. The van der Waals surface area contributed by atoms with E-state index in [4.69, 9.17) is 4.74 Å². The van der Waals surface area contributed by atoms with Crippen LogP contribution in [-0.4, -0.2) is 40.8 Å². The van der Waals surface area contributed by atoms with E-state index in [1.165, 1.54) is 0 Å². The monoisotopic (exact) mass is 468 g/mol. The number of fused-ring (bicyclic) bond motifs is 1. The van der Waals surface area contributed by atoms with Gasteiger partial charge in [-0.15, -0.1) is 0 Å². The summed E-state index contributed by atoms with van der Waals surface area (Å²) in [6.45, 7) is 7.69. The Bertz CT molecular complexity index is 840. The zero-order chi connectivity index (χ0) is 20.7. The smallest absolute Gasteiger partial charge is 0.462 e. The molecule has 1 aromatic rings. The van der Waals surface area contributed by atoms with E-state index in [1.54, 1.807) is 13.0 Å². The number of carbonyl (C=O) groups excluding carboxylic acids is 1. The molecule has 1 fully saturated rings. The summed E-state index contributed by atoms with van der Waals surface area (Å²) in [7, 11) is 0. The molecule has 0 aliphatic carbocycles. The predicted molar refractivity (Wildman–Crippen MR) is 118 cm³/mol. The molecule has 152 valence electrons. The lowest BCUT2D eigenvalue weighted by Gasteiger charge is -2.39. The highest BCUT2D eigenvalue weighted by Gasteiger charge is 2.57. The van der Waals surface area contributed by atoms with Gasteiger partial charge in [0.15, 0.2) is 5.69 Å². The Hall–Kier alpha value is -1.31. The lowest BCUT2D eigenvalue weighted by Crippen LogP contribution is -2.60. The van der Waals surface area contributed by atoms with Gasteiger partial charge in [-0.25, -0.2) is 4.79 Å². The molecule has 3 rings (SSSR count). The maximum absolute atomic E-state index is 12.8. The van der Waals surface area contributed by atoms with Crippen molar-refractivity contribution in [2.75, 3.05) is 18.1 Å². The van der Waals surface area contributed by atoms with Gasteiger partial charge in [-0.05, 0) is 70.1 Å². The SMILES string of the molecule is CCOC(=O)c1cc(Br)cc2c1[N+](C(=O)O)(C(C)(C)C)C=C2C1CCSCC1. The summed E-state index contributed by atoms with van der Waals surface area (Å²) < 4.78 is 5.64. The first-order valence-electron chi connectivity index (χ1n) is 9.58. The van der Waals surface area contributed by atoms with E-state index in [9.17, 15) is 14.7 Å². The molecule has 1 atom stereocenters. The number of carbonyl (C=O) groups is 2. The van der Waals surface area contributed by atoms with E-state index in [1.807, 2.05) is 44.8 Å². The first kappa shape index (κ1) is 21.4. The van der Waals surface area contributed by atoms with E-state index < -0.39 is 22.1 Å². The second kappa shape index (κ2) is 7.84. The van der Waals surface area contributed by atoms with E-state index in [0.717, 1.165) is 40.0 Å². The van der Waals surface area contributed by atoms with Gasteiger partial charge in [-0.1, -0.05) is 15.9 Å². The summed E-state index contributed by atoms with van der Waals surface area (Å²) >= 11 is 5.45. The topological polar surface area (TPSA) is 63.6 Å². The normalized spacial score (nSPS) is 22.5. The van der Waals surface area contributed by atoms with Crippen LogP contribution in [0.15, 0.2) is 22.8 Å². The van der Waals surface area contributed by atoms with Crippen LogP contribution in [0.1, 0.15) is 56.5 Å². The summed E-state index contributed by atoms with van der Waals surface area (Å²) in [6.07, 6.45) is 2.92.